The largest absolute Gasteiger partial charge is 0.367 e. The van der Waals surface area contributed by atoms with Crippen molar-refractivity contribution in [1.82, 2.24) is 0 Å². The molecule has 0 N–H and O–H groups in total. The number of rotatable bonds is 4. The lowest BCUT2D eigenvalue weighted by Gasteiger charge is -2.31. The highest BCUT2D eigenvalue weighted by atomic mass is 32.1. The van der Waals surface area contributed by atoms with Crippen LogP contribution < -0.4 is 0 Å². The first-order chi connectivity index (χ1) is 8.69. The molecule has 0 aliphatic heterocycles. The van der Waals surface area contributed by atoms with E-state index in [4.69, 9.17) is 4.74 Å². The summed E-state index contributed by atoms with van der Waals surface area (Å²) < 4.78 is 5.95. The van der Waals surface area contributed by atoms with Crippen molar-refractivity contribution in [1.29, 1.82) is 0 Å². The summed E-state index contributed by atoms with van der Waals surface area (Å²) in [6.45, 7) is 4.62. The summed E-state index contributed by atoms with van der Waals surface area (Å²) in [5.74, 6) is 0.221. The van der Waals surface area contributed by atoms with Crippen molar-refractivity contribution in [3.05, 3.63) is 21.9 Å². The molecule has 0 bridgehead atoms. The fourth-order valence-corrected chi connectivity index (χ4v) is 3.78. The molecule has 0 unspecified atom stereocenters. The molecule has 1 aliphatic rings. The molecule has 0 spiro atoms. The summed E-state index contributed by atoms with van der Waals surface area (Å²) in [5, 5.41) is 2.00. The van der Waals surface area contributed by atoms with Gasteiger partial charge in [-0.25, -0.2) is 0 Å². The van der Waals surface area contributed by atoms with Gasteiger partial charge >= 0.3 is 0 Å². The highest BCUT2D eigenvalue weighted by Crippen LogP contribution is 2.35. The van der Waals surface area contributed by atoms with E-state index in [-0.39, 0.29) is 5.78 Å². The van der Waals surface area contributed by atoms with Crippen LogP contribution in [0.15, 0.2) is 11.4 Å². The van der Waals surface area contributed by atoms with Crippen molar-refractivity contribution in [2.24, 2.45) is 0 Å². The number of hydrogen-bond acceptors (Lipinski definition) is 3. The predicted molar refractivity (Wildman–Crippen MR) is 75.4 cm³/mol. The molecule has 100 valence electrons. The molecule has 2 nitrogen and oxygen atoms in total. The number of ketones is 1. The maximum absolute atomic E-state index is 12.8. The zero-order chi connectivity index (χ0) is 13.0. The maximum atomic E-state index is 12.8. The van der Waals surface area contributed by atoms with Gasteiger partial charge in [-0.15, -0.1) is 11.3 Å². The normalized spacial score (nSPS) is 19.4. The molecule has 1 saturated carbocycles. The second kappa shape index (κ2) is 5.98. The minimum absolute atomic E-state index is 0.221. The Morgan fingerprint density at radius 1 is 1.33 bits per heavy atom. The Morgan fingerprint density at radius 2 is 2.00 bits per heavy atom. The smallest absolute Gasteiger partial charge is 0.204 e. The van der Waals surface area contributed by atoms with Gasteiger partial charge in [0, 0.05) is 6.61 Å². The second-order valence-electron chi connectivity index (χ2n) is 5.10. The quantitative estimate of drug-likeness (QED) is 0.597. The first-order valence-electron chi connectivity index (χ1n) is 6.92. The monoisotopic (exact) mass is 266 g/mol. The number of hydrogen-bond donors (Lipinski definition) is 0. The molecule has 1 aromatic heterocycles. The Balaban J connectivity index is 2.28. The fourth-order valence-electron chi connectivity index (χ4n) is 2.83. The van der Waals surface area contributed by atoms with Gasteiger partial charge in [-0.1, -0.05) is 25.7 Å². The van der Waals surface area contributed by atoms with Gasteiger partial charge in [0.2, 0.25) is 5.78 Å². The van der Waals surface area contributed by atoms with Gasteiger partial charge in [-0.05, 0) is 43.7 Å². The number of aryl methyl sites for hydroxylation is 1. The van der Waals surface area contributed by atoms with Crippen LogP contribution in [0.25, 0.3) is 0 Å². The van der Waals surface area contributed by atoms with Crippen molar-refractivity contribution in [2.45, 2.75) is 58.0 Å². The maximum Gasteiger partial charge on any atom is 0.204 e. The lowest BCUT2D eigenvalue weighted by Crippen LogP contribution is -2.41. The second-order valence-corrected chi connectivity index (χ2v) is 6.02. The van der Waals surface area contributed by atoms with E-state index in [2.05, 4.69) is 0 Å². The average Bonchev–Trinajstić information content (AvgIpc) is 2.64. The van der Waals surface area contributed by atoms with E-state index in [1.54, 1.807) is 11.3 Å². The van der Waals surface area contributed by atoms with E-state index in [9.17, 15) is 4.79 Å². The standard InChI is InChI=1S/C15H22O2S/c1-3-17-15(9-6-4-5-7-10-15)14(16)13-12(2)8-11-18-13/h8,11H,3-7,9-10H2,1-2H3. The summed E-state index contributed by atoms with van der Waals surface area (Å²) in [4.78, 5) is 13.7. The number of carbonyl (C=O) groups is 1. The van der Waals surface area contributed by atoms with Crippen molar-refractivity contribution in [2.75, 3.05) is 6.61 Å². The molecule has 0 aromatic carbocycles. The molecule has 1 fully saturated rings. The number of thiophene rings is 1. The molecule has 0 amide bonds. The Bertz CT molecular complexity index is 400. The van der Waals surface area contributed by atoms with Crippen molar-refractivity contribution < 1.29 is 9.53 Å². The first kappa shape index (κ1) is 13.8. The van der Waals surface area contributed by atoms with E-state index < -0.39 is 5.60 Å². The molecular formula is C15H22O2S. The van der Waals surface area contributed by atoms with Crippen molar-refractivity contribution in [3.63, 3.8) is 0 Å². The van der Waals surface area contributed by atoms with Crippen LogP contribution in [0.4, 0.5) is 0 Å². The lowest BCUT2D eigenvalue weighted by molar-refractivity contribution is -0.0290. The molecule has 1 aromatic rings. The molecule has 1 aliphatic carbocycles. The van der Waals surface area contributed by atoms with Crippen LogP contribution in [-0.2, 0) is 4.74 Å². The van der Waals surface area contributed by atoms with Crippen molar-refractivity contribution in [3.8, 4) is 0 Å². The highest BCUT2D eigenvalue weighted by molar-refractivity contribution is 7.12. The minimum atomic E-state index is -0.541. The van der Waals surface area contributed by atoms with E-state index in [1.165, 1.54) is 12.8 Å². The molecule has 18 heavy (non-hydrogen) atoms. The summed E-state index contributed by atoms with van der Waals surface area (Å²) in [7, 11) is 0. The van der Waals surface area contributed by atoms with E-state index >= 15 is 0 Å². The first-order valence-corrected chi connectivity index (χ1v) is 7.80. The van der Waals surface area contributed by atoms with E-state index in [0.29, 0.717) is 6.61 Å². The summed E-state index contributed by atoms with van der Waals surface area (Å²) in [6.07, 6.45) is 6.44. The lowest BCUT2D eigenvalue weighted by atomic mass is 9.87. The summed E-state index contributed by atoms with van der Waals surface area (Å²) in [5.41, 5.74) is 0.550. The molecule has 0 saturated heterocycles. The third-order valence-corrected chi connectivity index (χ3v) is 4.83. The molecule has 0 atom stereocenters. The molecule has 3 heteroatoms. The Kier molecular flexibility index (Phi) is 4.57. The number of ether oxygens (including phenoxy) is 1. The third-order valence-electron chi connectivity index (χ3n) is 3.81. The zero-order valence-corrected chi connectivity index (χ0v) is 12.1. The van der Waals surface area contributed by atoms with Gasteiger partial charge < -0.3 is 4.74 Å². The summed E-state index contributed by atoms with van der Waals surface area (Å²) in [6, 6.07) is 2.02. The van der Waals surface area contributed by atoms with Crippen LogP contribution in [-0.4, -0.2) is 18.0 Å². The SMILES string of the molecule is CCOC1(C(=O)c2sccc2C)CCCCCC1. The van der Waals surface area contributed by atoms with E-state index in [0.717, 1.165) is 36.1 Å². The highest BCUT2D eigenvalue weighted by Gasteiger charge is 2.40. The Morgan fingerprint density at radius 3 is 2.50 bits per heavy atom. The Labute approximate surface area is 113 Å². The van der Waals surface area contributed by atoms with Gasteiger partial charge in [-0.3, -0.25) is 4.79 Å². The van der Waals surface area contributed by atoms with E-state index in [1.807, 2.05) is 25.3 Å². The van der Waals surface area contributed by atoms with Gasteiger partial charge in [0.15, 0.2) is 0 Å². The van der Waals surface area contributed by atoms with Crippen LogP contribution in [0, 0.1) is 6.92 Å². The van der Waals surface area contributed by atoms with Crippen LogP contribution in [0.5, 0.6) is 0 Å². The molecule has 0 radical (unpaired) electrons. The molecule has 1 heterocycles. The van der Waals surface area contributed by atoms with Crippen LogP contribution in [0.2, 0.25) is 0 Å². The summed E-state index contributed by atoms with van der Waals surface area (Å²) >= 11 is 1.55. The molecular weight excluding hydrogens is 244 g/mol. The Hall–Kier alpha value is -0.670. The van der Waals surface area contributed by atoms with Crippen LogP contribution in [0.3, 0.4) is 0 Å². The van der Waals surface area contributed by atoms with Crippen molar-refractivity contribution >= 4 is 17.1 Å². The minimum Gasteiger partial charge on any atom is -0.367 e. The number of Topliss-reactive ketones (excluding diaryl/α,β-unsaturated/α-hetero) is 1. The van der Waals surface area contributed by atoms with Gasteiger partial charge in [0.05, 0.1) is 4.88 Å². The van der Waals surface area contributed by atoms with Gasteiger partial charge in [0.25, 0.3) is 0 Å². The zero-order valence-electron chi connectivity index (χ0n) is 11.3. The number of carbonyl (C=O) groups excluding carboxylic acids is 1. The van der Waals surface area contributed by atoms with Gasteiger partial charge in [-0.2, -0.15) is 0 Å². The topological polar surface area (TPSA) is 26.3 Å². The fraction of sp³-hybridized carbons (Fsp3) is 0.667. The molecule has 2 rings (SSSR count). The third kappa shape index (κ3) is 2.67. The predicted octanol–water partition coefficient (Wildman–Crippen LogP) is 4.37. The average molecular weight is 266 g/mol. The van der Waals surface area contributed by atoms with Gasteiger partial charge in [0.1, 0.15) is 5.60 Å². The van der Waals surface area contributed by atoms with Crippen LogP contribution >= 0.6 is 11.3 Å². The van der Waals surface area contributed by atoms with Crippen LogP contribution in [0.1, 0.15) is 60.7 Å².